The molecule has 0 unspecified atom stereocenters. The summed E-state index contributed by atoms with van der Waals surface area (Å²) in [5.41, 5.74) is 4.75. The Balaban J connectivity index is 1.51. The van der Waals surface area contributed by atoms with Gasteiger partial charge in [0.2, 0.25) is 11.8 Å². The van der Waals surface area contributed by atoms with Gasteiger partial charge in [0.05, 0.1) is 6.04 Å². The molecule has 12 nitrogen and oxygen atoms in total. The molecule has 2 heterocycles. The van der Waals surface area contributed by atoms with Crippen molar-refractivity contribution in [1.82, 2.24) is 35.3 Å². The van der Waals surface area contributed by atoms with E-state index in [4.69, 9.17) is 0 Å². The van der Waals surface area contributed by atoms with Crippen molar-refractivity contribution in [3.63, 3.8) is 0 Å². The Bertz CT molecular complexity index is 1280. The lowest BCUT2D eigenvalue weighted by molar-refractivity contribution is -0.138. The fourth-order valence-corrected chi connectivity index (χ4v) is 6.26. The number of aryl methyl sites for hydroxylation is 1. The number of amides is 5. The molecule has 1 aliphatic carbocycles. The number of piperazine rings is 1. The zero-order chi connectivity index (χ0) is 32.3. The Kier molecular flexibility index (Phi) is 12.4. The van der Waals surface area contributed by atoms with Crippen LogP contribution < -0.4 is 16.1 Å². The minimum absolute atomic E-state index is 0.0617. The van der Waals surface area contributed by atoms with Crippen LogP contribution in [-0.4, -0.2) is 93.7 Å². The van der Waals surface area contributed by atoms with Crippen molar-refractivity contribution in [2.45, 2.75) is 96.7 Å². The van der Waals surface area contributed by atoms with Crippen molar-refractivity contribution in [3.05, 3.63) is 47.8 Å². The molecule has 2 atom stereocenters. The summed E-state index contributed by atoms with van der Waals surface area (Å²) in [5, 5.41) is 11.6. The second-order valence-electron chi connectivity index (χ2n) is 12.1. The average Bonchev–Trinajstić information content (AvgIpc) is 3.38. The van der Waals surface area contributed by atoms with E-state index in [1.165, 1.54) is 5.01 Å². The predicted molar refractivity (Wildman–Crippen MR) is 173 cm³/mol. The minimum atomic E-state index is -0.677. The van der Waals surface area contributed by atoms with Crippen LogP contribution in [0.4, 0.5) is 10.5 Å². The largest absolute Gasteiger partial charge is 0.344 e. The van der Waals surface area contributed by atoms with E-state index >= 15 is 0 Å². The van der Waals surface area contributed by atoms with E-state index in [0.717, 1.165) is 57.2 Å². The lowest BCUT2D eigenvalue weighted by atomic mass is 9.87. The molecule has 246 valence electrons. The van der Waals surface area contributed by atoms with Crippen LogP contribution >= 0.6 is 0 Å². The topological polar surface area (TPSA) is 132 Å². The van der Waals surface area contributed by atoms with E-state index in [9.17, 15) is 19.2 Å². The van der Waals surface area contributed by atoms with E-state index in [1.54, 1.807) is 23.9 Å². The van der Waals surface area contributed by atoms with Gasteiger partial charge in [-0.2, -0.15) is 5.10 Å². The van der Waals surface area contributed by atoms with Gasteiger partial charge in [0.1, 0.15) is 11.7 Å². The highest BCUT2D eigenvalue weighted by molar-refractivity contribution is 5.96. The first-order valence-corrected chi connectivity index (χ1v) is 16.5. The number of likely N-dealkylation sites (N-methyl/N-ethyl adjacent to an activating group) is 1. The van der Waals surface area contributed by atoms with Gasteiger partial charge in [0, 0.05) is 56.9 Å². The van der Waals surface area contributed by atoms with Gasteiger partial charge in [-0.15, -0.1) is 0 Å². The standard InChI is InChI=1S/C33H50N8O4/c1-5-27(30(36-29(42)6-2)32(44)39-22-20-38(4)21-23-39)24-14-16-25(17-15-24)35-33(45)41(26-12-10-8-9-11-13-26)37-31(43)28-18-19-34-40(28)7-3/h14-19,26-27,30H,5-13,20-23H2,1-4H3,(H,35,45)(H,36,42)(H,37,43)/t27-,30+/m0/s1. The fraction of sp³-hybridized carbons (Fsp3) is 0.606. The number of aromatic nitrogens is 2. The normalized spacial score (nSPS) is 17.6. The van der Waals surface area contributed by atoms with Crippen molar-refractivity contribution in [3.8, 4) is 0 Å². The highest BCUT2D eigenvalue weighted by Crippen LogP contribution is 2.28. The molecular formula is C33H50N8O4. The fourth-order valence-electron chi connectivity index (χ4n) is 6.26. The smallest absolute Gasteiger partial charge is 0.340 e. The maximum Gasteiger partial charge on any atom is 0.340 e. The molecular weight excluding hydrogens is 572 g/mol. The molecule has 1 saturated carbocycles. The van der Waals surface area contributed by atoms with E-state index in [0.29, 0.717) is 43.9 Å². The molecule has 1 aliphatic heterocycles. The Labute approximate surface area is 266 Å². The lowest BCUT2D eigenvalue weighted by Crippen LogP contribution is -2.56. The van der Waals surface area contributed by atoms with Crippen LogP contribution in [0, 0.1) is 0 Å². The van der Waals surface area contributed by atoms with Gasteiger partial charge in [-0.3, -0.25) is 24.5 Å². The van der Waals surface area contributed by atoms with Gasteiger partial charge in [-0.05, 0) is 57.0 Å². The Morgan fingerprint density at radius 1 is 0.933 bits per heavy atom. The number of anilines is 1. The van der Waals surface area contributed by atoms with Gasteiger partial charge in [-0.1, -0.05) is 51.7 Å². The molecule has 2 aromatic rings. The molecule has 1 aromatic heterocycles. The quantitative estimate of drug-likeness (QED) is 0.272. The monoisotopic (exact) mass is 622 g/mol. The molecule has 0 radical (unpaired) electrons. The first-order valence-electron chi connectivity index (χ1n) is 16.5. The summed E-state index contributed by atoms with van der Waals surface area (Å²) in [4.78, 5) is 57.2. The summed E-state index contributed by atoms with van der Waals surface area (Å²) in [6.07, 6.45) is 8.35. The Hall–Kier alpha value is -3.93. The van der Waals surface area contributed by atoms with Gasteiger partial charge in [0.15, 0.2) is 0 Å². The molecule has 45 heavy (non-hydrogen) atoms. The van der Waals surface area contributed by atoms with Crippen molar-refractivity contribution in [2.24, 2.45) is 0 Å². The average molecular weight is 623 g/mol. The van der Waals surface area contributed by atoms with Crippen LogP contribution in [0.1, 0.15) is 94.1 Å². The number of benzene rings is 1. The lowest BCUT2D eigenvalue weighted by Gasteiger charge is -2.37. The molecule has 12 heteroatoms. The third-order valence-corrected chi connectivity index (χ3v) is 9.03. The van der Waals surface area contributed by atoms with Gasteiger partial charge in [-0.25, -0.2) is 9.80 Å². The van der Waals surface area contributed by atoms with Crippen LogP contribution in [0.25, 0.3) is 0 Å². The molecule has 5 amide bonds. The summed E-state index contributed by atoms with van der Waals surface area (Å²) in [5.74, 6) is -0.830. The van der Waals surface area contributed by atoms with E-state index in [1.807, 2.05) is 50.1 Å². The van der Waals surface area contributed by atoms with Crippen LogP contribution in [0.15, 0.2) is 36.5 Å². The third kappa shape index (κ3) is 8.84. The van der Waals surface area contributed by atoms with E-state index in [-0.39, 0.29) is 29.7 Å². The maximum atomic E-state index is 13.7. The highest BCUT2D eigenvalue weighted by atomic mass is 16.2. The first kappa shape index (κ1) is 34.0. The van der Waals surface area contributed by atoms with Crippen LogP contribution in [0.5, 0.6) is 0 Å². The van der Waals surface area contributed by atoms with Crippen molar-refractivity contribution in [1.29, 1.82) is 0 Å². The van der Waals surface area contributed by atoms with Crippen molar-refractivity contribution >= 4 is 29.4 Å². The minimum Gasteiger partial charge on any atom is -0.344 e. The predicted octanol–water partition coefficient (Wildman–Crippen LogP) is 3.97. The number of nitrogens with zero attached hydrogens (tertiary/aromatic N) is 5. The number of hydrogen-bond acceptors (Lipinski definition) is 6. The highest BCUT2D eigenvalue weighted by Gasteiger charge is 2.34. The maximum absolute atomic E-state index is 13.7. The van der Waals surface area contributed by atoms with Crippen LogP contribution in [0.2, 0.25) is 0 Å². The van der Waals surface area contributed by atoms with Crippen molar-refractivity contribution in [2.75, 3.05) is 38.5 Å². The molecule has 3 N–H and O–H groups in total. The molecule has 1 aromatic carbocycles. The number of rotatable bonds is 10. The van der Waals surface area contributed by atoms with Gasteiger partial charge < -0.3 is 20.4 Å². The first-order chi connectivity index (χ1) is 21.7. The summed E-state index contributed by atoms with van der Waals surface area (Å²) in [6.45, 7) is 9.10. The molecule has 1 saturated heterocycles. The molecule has 2 aliphatic rings. The number of hydrogen-bond donors (Lipinski definition) is 3. The Morgan fingerprint density at radius 3 is 2.20 bits per heavy atom. The van der Waals surface area contributed by atoms with E-state index < -0.39 is 12.1 Å². The number of urea groups is 1. The molecule has 4 rings (SSSR count). The summed E-state index contributed by atoms with van der Waals surface area (Å²) in [6, 6.07) is 7.88. The third-order valence-electron chi connectivity index (χ3n) is 9.03. The summed E-state index contributed by atoms with van der Waals surface area (Å²) < 4.78 is 1.60. The number of carbonyl (C=O) groups excluding carboxylic acids is 4. The number of nitrogens with one attached hydrogen (secondary N) is 3. The SMILES string of the molecule is CCC(=O)N[C@@H](C(=O)N1CCN(C)CC1)[C@@H](CC)c1ccc(NC(=O)N(NC(=O)c2ccnn2CC)C2CCCCCC2)cc1. The molecule has 0 bridgehead atoms. The zero-order valence-corrected chi connectivity index (χ0v) is 27.3. The summed E-state index contributed by atoms with van der Waals surface area (Å²) in [7, 11) is 2.04. The second-order valence-corrected chi connectivity index (χ2v) is 12.1. The number of carbonyl (C=O) groups is 4. The van der Waals surface area contributed by atoms with Crippen LogP contribution in [-0.2, 0) is 16.1 Å². The van der Waals surface area contributed by atoms with E-state index in [2.05, 4.69) is 26.1 Å². The molecule has 0 spiro atoms. The Morgan fingerprint density at radius 2 is 1.60 bits per heavy atom. The van der Waals surface area contributed by atoms with Gasteiger partial charge in [0.25, 0.3) is 5.91 Å². The summed E-state index contributed by atoms with van der Waals surface area (Å²) >= 11 is 0. The van der Waals surface area contributed by atoms with Gasteiger partial charge >= 0.3 is 6.03 Å². The van der Waals surface area contributed by atoms with Crippen molar-refractivity contribution < 1.29 is 19.2 Å². The number of hydrazine groups is 1. The second kappa shape index (κ2) is 16.4. The van der Waals surface area contributed by atoms with Crippen LogP contribution in [0.3, 0.4) is 0 Å². The zero-order valence-electron chi connectivity index (χ0n) is 27.3. The molecule has 2 fully saturated rings.